The van der Waals surface area contributed by atoms with Crippen LogP contribution >= 0.6 is 0 Å². The molecule has 39 heavy (non-hydrogen) atoms. The van der Waals surface area contributed by atoms with E-state index in [1.807, 2.05) is 6.92 Å². The Bertz CT molecular complexity index is 1210. The summed E-state index contributed by atoms with van der Waals surface area (Å²) in [6, 6.07) is 0. The molecule has 4 saturated carbocycles. The van der Waals surface area contributed by atoms with Gasteiger partial charge in [0.05, 0.1) is 0 Å². The maximum atomic E-state index is 14.6. The predicted molar refractivity (Wildman–Crippen MR) is 131 cm³/mol. The summed E-state index contributed by atoms with van der Waals surface area (Å²) in [6.45, 7) is 8.14. The summed E-state index contributed by atoms with van der Waals surface area (Å²) >= 11 is 0. The van der Waals surface area contributed by atoms with Crippen LogP contribution in [-0.2, 0) is 47.7 Å². The fourth-order valence-corrected chi connectivity index (χ4v) is 9.61. The van der Waals surface area contributed by atoms with Gasteiger partial charge in [-0.05, 0) is 54.9 Å². The van der Waals surface area contributed by atoms with Gasteiger partial charge in [-0.2, -0.15) is 0 Å². The lowest BCUT2D eigenvalue weighted by molar-refractivity contribution is -0.207. The van der Waals surface area contributed by atoms with E-state index in [9.17, 15) is 24.0 Å². The zero-order valence-corrected chi connectivity index (χ0v) is 23.1. The fourth-order valence-electron chi connectivity index (χ4n) is 9.61. The van der Waals surface area contributed by atoms with Gasteiger partial charge in [0.25, 0.3) is 0 Å². The van der Waals surface area contributed by atoms with Crippen LogP contribution in [0.5, 0.6) is 0 Å². The van der Waals surface area contributed by atoms with Crippen molar-refractivity contribution in [2.45, 2.75) is 96.7 Å². The number of hydrogen-bond acceptors (Lipinski definition) is 10. The number of rotatable bonds is 4. The van der Waals surface area contributed by atoms with Crippen LogP contribution in [0.3, 0.4) is 0 Å². The second-order valence-corrected chi connectivity index (χ2v) is 12.8. The van der Waals surface area contributed by atoms with E-state index in [1.165, 1.54) is 26.8 Å². The van der Waals surface area contributed by atoms with Crippen molar-refractivity contribution in [1.29, 1.82) is 0 Å². The van der Waals surface area contributed by atoms with Crippen LogP contribution in [-0.4, -0.2) is 59.9 Å². The zero-order chi connectivity index (χ0) is 28.1. The van der Waals surface area contributed by atoms with Crippen molar-refractivity contribution in [2.24, 2.45) is 34.5 Å². The second kappa shape index (κ2) is 8.38. The highest BCUT2D eigenvalue weighted by Gasteiger charge is 2.91. The molecule has 5 fully saturated rings. The third-order valence-corrected chi connectivity index (χ3v) is 10.9. The van der Waals surface area contributed by atoms with Crippen molar-refractivity contribution in [1.82, 2.24) is 0 Å². The number of ketones is 1. The molecule has 10 heteroatoms. The molecule has 2 aliphatic heterocycles. The molecule has 0 aromatic heterocycles. The number of carbonyl (C=O) groups excluding carboxylic acids is 5. The molecule has 2 heterocycles. The summed E-state index contributed by atoms with van der Waals surface area (Å²) in [7, 11) is 0. The van der Waals surface area contributed by atoms with Crippen molar-refractivity contribution in [3.05, 3.63) is 11.6 Å². The van der Waals surface area contributed by atoms with Crippen LogP contribution < -0.4 is 0 Å². The Labute approximate surface area is 227 Å². The predicted octanol–water partition coefficient (Wildman–Crippen LogP) is 2.80. The highest BCUT2D eigenvalue weighted by atomic mass is 16.8. The van der Waals surface area contributed by atoms with Gasteiger partial charge in [-0.25, -0.2) is 4.79 Å². The molecule has 0 amide bonds. The molecule has 6 rings (SSSR count). The molecule has 10 atom stereocenters. The Kier molecular flexibility index (Phi) is 5.69. The van der Waals surface area contributed by atoms with Gasteiger partial charge in [-0.15, -0.1) is 0 Å². The van der Waals surface area contributed by atoms with Gasteiger partial charge in [0.2, 0.25) is 5.79 Å². The first-order valence-corrected chi connectivity index (χ1v) is 13.9. The molecule has 6 aliphatic rings. The molecule has 10 nitrogen and oxygen atoms in total. The minimum atomic E-state index is -1.28. The van der Waals surface area contributed by atoms with E-state index in [0.717, 1.165) is 5.57 Å². The summed E-state index contributed by atoms with van der Waals surface area (Å²) in [5.41, 5.74) is -1.79. The number of Topliss-reactive ketones (excluding diaryl/α,β-unsaturated/α-hetero) is 1. The topological polar surface area (TPSA) is 135 Å². The standard InChI is InChI=1S/C29H36O10/c1-14(30)36-19-8-9-26(4)18(11-19)12-28(38-16(3)32)29(39-28)21-7-6-20(17-10-22(33)35-13-17)27(21,5)25(34)23(24(26)29)37-15(2)31/h10,18-21,23-24H,6-9,11-13H2,1-5H3. The van der Waals surface area contributed by atoms with Gasteiger partial charge in [-0.1, -0.05) is 13.8 Å². The maximum absolute atomic E-state index is 14.6. The van der Waals surface area contributed by atoms with Crippen LogP contribution in [0.25, 0.3) is 0 Å². The minimum Gasteiger partial charge on any atom is -0.463 e. The van der Waals surface area contributed by atoms with Crippen molar-refractivity contribution >= 4 is 29.7 Å². The summed E-state index contributed by atoms with van der Waals surface area (Å²) < 4.78 is 29.4. The lowest BCUT2D eigenvalue weighted by Gasteiger charge is -2.60. The van der Waals surface area contributed by atoms with Crippen LogP contribution in [0.2, 0.25) is 0 Å². The first kappa shape index (κ1) is 26.5. The highest BCUT2D eigenvalue weighted by Crippen LogP contribution is 2.79. The summed E-state index contributed by atoms with van der Waals surface area (Å²) in [6.07, 6.45) is 3.50. The number of epoxide rings is 1. The van der Waals surface area contributed by atoms with E-state index < -0.39 is 52.1 Å². The monoisotopic (exact) mass is 544 g/mol. The van der Waals surface area contributed by atoms with Crippen LogP contribution in [0, 0.1) is 34.5 Å². The van der Waals surface area contributed by atoms with E-state index in [2.05, 4.69) is 6.92 Å². The molecular formula is C29H36O10. The van der Waals surface area contributed by atoms with E-state index in [1.54, 1.807) is 0 Å². The maximum Gasteiger partial charge on any atom is 0.331 e. The SMILES string of the molecule is CC(=O)OC1CCC2(C)C(C1)CC1(OC(C)=O)OC13C2C(OC(C)=O)C(=O)C1(C)C(C2=CC(=O)OC2)CCC13. The second-order valence-electron chi connectivity index (χ2n) is 12.8. The van der Waals surface area contributed by atoms with Gasteiger partial charge in [-0.3, -0.25) is 19.2 Å². The van der Waals surface area contributed by atoms with E-state index >= 15 is 0 Å². The van der Waals surface area contributed by atoms with Crippen molar-refractivity contribution < 1.29 is 47.7 Å². The van der Waals surface area contributed by atoms with Crippen LogP contribution in [0.15, 0.2) is 11.6 Å². The summed E-state index contributed by atoms with van der Waals surface area (Å²) in [5, 5.41) is 0. The van der Waals surface area contributed by atoms with Gasteiger partial charge in [0.1, 0.15) is 18.3 Å². The first-order valence-electron chi connectivity index (χ1n) is 13.9. The van der Waals surface area contributed by atoms with Crippen molar-refractivity contribution in [2.75, 3.05) is 6.61 Å². The number of fused-ring (bicyclic) bond motifs is 3. The molecule has 0 bridgehead atoms. The molecule has 212 valence electrons. The molecule has 0 aromatic rings. The molecular weight excluding hydrogens is 508 g/mol. The summed E-state index contributed by atoms with van der Waals surface area (Å²) in [4.78, 5) is 63.3. The van der Waals surface area contributed by atoms with Gasteiger partial charge >= 0.3 is 23.9 Å². The number of carbonyl (C=O) groups is 5. The van der Waals surface area contributed by atoms with E-state index in [4.69, 9.17) is 23.7 Å². The van der Waals surface area contributed by atoms with Crippen LogP contribution in [0.4, 0.5) is 0 Å². The summed E-state index contributed by atoms with van der Waals surface area (Å²) in [5.74, 6) is -4.57. The van der Waals surface area contributed by atoms with Gasteiger partial charge < -0.3 is 23.7 Å². The van der Waals surface area contributed by atoms with E-state index in [0.29, 0.717) is 38.5 Å². The quantitative estimate of drug-likeness (QED) is 0.295. The Hall–Kier alpha value is -2.75. The normalized spacial score (nSPS) is 47.5. The zero-order valence-electron chi connectivity index (χ0n) is 23.1. The number of hydrogen-bond donors (Lipinski definition) is 0. The minimum absolute atomic E-state index is 0.105. The average Bonchev–Trinajstić information content (AvgIpc) is 3.09. The number of ether oxygens (including phenoxy) is 5. The average molecular weight is 545 g/mol. The first-order chi connectivity index (χ1) is 18.3. The molecule has 0 radical (unpaired) electrons. The molecule has 1 saturated heterocycles. The smallest absolute Gasteiger partial charge is 0.331 e. The molecule has 0 aromatic carbocycles. The lowest BCUT2D eigenvalue weighted by atomic mass is 9.42. The fraction of sp³-hybridized carbons (Fsp3) is 0.759. The van der Waals surface area contributed by atoms with E-state index in [-0.39, 0.29) is 42.2 Å². The third-order valence-electron chi connectivity index (χ3n) is 10.9. The molecule has 10 unspecified atom stereocenters. The molecule has 0 N–H and O–H groups in total. The van der Waals surface area contributed by atoms with Gasteiger partial charge in [0, 0.05) is 50.5 Å². The Morgan fingerprint density at radius 1 is 0.974 bits per heavy atom. The van der Waals surface area contributed by atoms with Crippen molar-refractivity contribution in [3.63, 3.8) is 0 Å². The Balaban J connectivity index is 1.49. The lowest BCUT2D eigenvalue weighted by Crippen LogP contribution is -2.70. The number of cyclic esters (lactones) is 1. The number of esters is 4. The third kappa shape index (κ3) is 3.45. The molecule has 1 spiro atoms. The largest absolute Gasteiger partial charge is 0.463 e. The van der Waals surface area contributed by atoms with Gasteiger partial charge in [0.15, 0.2) is 11.9 Å². The molecule has 4 aliphatic carbocycles. The Morgan fingerprint density at radius 3 is 2.31 bits per heavy atom. The highest BCUT2D eigenvalue weighted by molar-refractivity contribution is 5.94. The Morgan fingerprint density at radius 2 is 1.69 bits per heavy atom. The van der Waals surface area contributed by atoms with Crippen LogP contribution in [0.1, 0.15) is 73.1 Å². The van der Waals surface area contributed by atoms with Crippen molar-refractivity contribution in [3.8, 4) is 0 Å².